The molecule has 0 radical (unpaired) electrons. The summed E-state index contributed by atoms with van der Waals surface area (Å²) in [7, 11) is -1.49. The normalized spacial score (nSPS) is 12.2. The maximum Gasteiger partial charge on any atom is 0.214 e. The predicted octanol–water partition coefficient (Wildman–Crippen LogP) is 1.70. The van der Waals surface area contributed by atoms with Gasteiger partial charge < -0.3 is 0 Å². The first kappa shape index (κ1) is 12.6. The minimum Gasteiger partial charge on any atom is -0.248 e. The van der Waals surface area contributed by atoms with Crippen LogP contribution in [0.4, 0.5) is 0 Å². The molecule has 0 spiro atoms. The van der Waals surface area contributed by atoms with E-state index in [1.807, 2.05) is 12.3 Å². The Kier molecular flexibility index (Phi) is 4.69. The first-order valence-electron chi connectivity index (χ1n) is 4.88. The highest BCUT2D eigenvalue weighted by atomic mass is 32.2. The maximum absolute atomic E-state index is 11.7. The Hall–Kier alpha value is -0.460. The van der Waals surface area contributed by atoms with E-state index in [-0.39, 0.29) is 5.75 Å². The van der Waals surface area contributed by atoms with Crippen LogP contribution >= 0.6 is 11.3 Å². The highest BCUT2D eigenvalue weighted by Crippen LogP contribution is 2.11. The van der Waals surface area contributed by atoms with Crippen LogP contribution in [0, 0.1) is 0 Å². The molecule has 1 rings (SSSR count). The molecule has 1 aromatic rings. The van der Waals surface area contributed by atoms with Crippen molar-refractivity contribution in [2.45, 2.75) is 26.3 Å². The molecule has 86 valence electrons. The van der Waals surface area contributed by atoms with Gasteiger partial charge in [0.25, 0.3) is 0 Å². The molecule has 0 unspecified atom stereocenters. The maximum atomic E-state index is 11.7. The molecule has 0 N–H and O–H groups in total. The molecule has 15 heavy (non-hydrogen) atoms. The van der Waals surface area contributed by atoms with Gasteiger partial charge in [0.2, 0.25) is 10.0 Å². The van der Waals surface area contributed by atoms with E-state index in [1.54, 1.807) is 13.2 Å². The van der Waals surface area contributed by atoms with Crippen molar-refractivity contribution in [2.75, 3.05) is 12.8 Å². The van der Waals surface area contributed by atoms with Crippen LogP contribution < -0.4 is 0 Å². The molecule has 1 heterocycles. The fourth-order valence-corrected chi connectivity index (χ4v) is 3.14. The van der Waals surface area contributed by atoms with Crippen molar-refractivity contribution in [3.05, 3.63) is 16.6 Å². The average Bonchev–Trinajstić information content (AvgIpc) is 2.67. The summed E-state index contributed by atoms with van der Waals surface area (Å²) in [5, 5.41) is 2.68. The van der Waals surface area contributed by atoms with Crippen molar-refractivity contribution in [3.63, 3.8) is 0 Å². The number of nitrogens with zero attached hydrogens (tertiary/aromatic N) is 2. The molecule has 6 heteroatoms. The molecule has 4 nitrogen and oxygen atoms in total. The van der Waals surface area contributed by atoms with E-state index in [2.05, 4.69) is 4.98 Å². The van der Waals surface area contributed by atoms with Crippen LogP contribution in [0.15, 0.2) is 11.6 Å². The lowest BCUT2D eigenvalue weighted by Crippen LogP contribution is -2.28. The molecular formula is C9H16N2O2S2. The van der Waals surface area contributed by atoms with Crippen molar-refractivity contribution < 1.29 is 8.42 Å². The lowest BCUT2D eigenvalue weighted by Gasteiger charge is -2.15. The van der Waals surface area contributed by atoms with Crippen molar-refractivity contribution in [1.29, 1.82) is 0 Å². The lowest BCUT2D eigenvalue weighted by atomic mass is 10.4. The monoisotopic (exact) mass is 248 g/mol. The van der Waals surface area contributed by atoms with E-state index in [0.29, 0.717) is 13.0 Å². The Morgan fingerprint density at radius 3 is 2.80 bits per heavy atom. The Bertz CT molecular complexity index is 373. The van der Waals surface area contributed by atoms with E-state index < -0.39 is 10.0 Å². The van der Waals surface area contributed by atoms with Crippen molar-refractivity contribution in [2.24, 2.45) is 0 Å². The first-order chi connectivity index (χ1) is 7.06. The van der Waals surface area contributed by atoms with Crippen LogP contribution in [0.3, 0.4) is 0 Å². The molecule has 1 aromatic heterocycles. The van der Waals surface area contributed by atoms with Crippen LogP contribution in [0.1, 0.15) is 24.8 Å². The number of hydrogen-bond donors (Lipinski definition) is 0. The van der Waals surface area contributed by atoms with Gasteiger partial charge in [0.05, 0.1) is 12.3 Å². The molecule has 0 saturated carbocycles. The van der Waals surface area contributed by atoms with Gasteiger partial charge in [-0.2, -0.15) is 4.31 Å². The van der Waals surface area contributed by atoms with Gasteiger partial charge >= 0.3 is 0 Å². The number of hydrogen-bond acceptors (Lipinski definition) is 4. The molecule has 0 saturated heterocycles. The summed E-state index contributed by atoms with van der Waals surface area (Å²) in [5.74, 6) is 0.228. The largest absolute Gasteiger partial charge is 0.248 e. The third kappa shape index (κ3) is 3.89. The van der Waals surface area contributed by atoms with Gasteiger partial charge in [0.1, 0.15) is 5.01 Å². The molecule has 0 fully saturated rings. The molecule has 0 aliphatic heterocycles. The number of aromatic nitrogens is 1. The number of thiazole rings is 1. The van der Waals surface area contributed by atoms with E-state index in [1.165, 1.54) is 15.6 Å². The Morgan fingerprint density at radius 1 is 1.53 bits per heavy atom. The summed E-state index contributed by atoms with van der Waals surface area (Å²) in [5.41, 5.74) is 0. The fraction of sp³-hybridized carbons (Fsp3) is 0.667. The minimum atomic E-state index is -3.10. The standard InChI is InChI=1S/C9H16N2O2S2/c1-3-4-7-15(12,13)11(2)8-9-10-5-6-14-9/h5-6H,3-4,7-8H2,1-2H3. The summed E-state index contributed by atoms with van der Waals surface area (Å²) < 4.78 is 24.8. The zero-order valence-corrected chi connectivity index (χ0v) is 10.6. The lowest BCUT2D eigenvalue weighted by molar-refractivity contribution is 0.464. The Balaban J connectivity index is 2.56. The summed E-state index contributed by atoms with van der Waals surface area (Å²) in [6, 6.07) is 0. The first-order valence-corrected chi connectivity index (χ1v) is 7.37. The summed E-state index contributed by atoms with van der Waals surface area (Å²) in [6.45, 7) is 2.36. The quantitative estimate of drug-likeness (QED) is 0.770. The van der Waals surface area contributed by atoms with Gasteiger partial charge in [-0.25, -0.2) is 13.4 Å². The van der Waals surface area contributed by atoms with Crippen molar-refractivity contribution >= 4 is 21.4 Å². The third-order valence-corrected chi connectivity index (χ3v) is 4.72. The molecule has 0 aliphatic rings. The Morgan fingerprint density at radius 2 is 2.27 bits per heavy atom. The topological polar surface area (TPSA) is 50.3 Å². The van der Waals surface area contributed by atoms with Crippen LogP contribution in [-0.4, -0.2) is 30.5 Å². The molecular weight excluding hydrogens is 232 g/mol. The van der Waals surface area contributed by atoms with E-state index in [4.69, 9.17) is 0 Å². The van der Waals surface area contributed by atoms with Crippen molar-refractivity contribution in [1.82, 2.24) is 9.29 Å². The van der Waals surface area contributed by atoms with Crippen molar-refractivity contribution in [3.8, 4) is 0 Å². The second-order valence-corrected chi connectivity index (χ2v) is 6.53. The zero-order valence-electron chi connectivity index (χ0n) is 9.01. The smallest absolute Gasteiger partial charge is 0.214 e. The van der Waals surface area contributed by atoms with Gasteiger partial charge in [-0.3, -0.25) is 0 Å². The summed E-state index contributed by atoms with van der Waals surface area (Å²) in [6.07, 6.45) is 3.29. The number of unbranched alkanes of at least 4 members (excludes halogenated alkanes) is 1. The molecule has 0 aliphatic carbocycles. The molecule has 0 atom stereocenters. The van der Waals surface area contributed by atoms with Crippen LogP contribution in [0.5, 0.6) is 0 Å². The number of sulfonamides is 1. The van der Waals surface area contributed by atoms with Gasteiger partial charge in [-0.1, -0.05) is 13.3 Å². The SMILES string of the molecule is CCCCS(=O)(=O)N(C)Cc1nccs1. The Labute approximate surface area is 95.0 Å². The van der Waals surface area contributed by atoms with E-state index in [9.17, 15) is 8.42 Å². The summed E-state index contributed by atoms with van der Waals surface area (Å²) in [4.78, 5) is 4.06. The van der Waals surface area contributed by atoms with E-state index >= 15 is 0 Å². The van der Waals surface area contributed by atoms with Crippen LogP contribution in [-0.2, 0) is 16.6 Å². The van der Waals surface area contributed by atoms with Crippen LogP contribution in [0.25, 0.3) is 0 Å². The molecule has 0 aromatic carbocycles. The van der Waals surface area contributed by atoms with Crippen LogP contribution in [0.2, 0.25) is 0 Å². The second kappa shape index (κ2) is 5.58. The minimum absolute atomic E-state index is 0.228. The highest BCUT2D eigenvalue weighted by Gasteiger charge is 2.17. The molecule has 0 amide bonds. The van der Waals surface area contributed by atoms with Gasteiger partial charge in [-0.05, 0) is 6.42 Å². The summed E-state index contributed by atoms with van der Waals surface area (Å²) >= 11 is 1.47. The number of rotatable bonds is 6. The highest BCUT2D eigenvalue weighted by molar-refractivity contribution is 7.89. The van der Waals surface area contributed by atoms with Gasteiger partial charge in [0.15, 0.2) is 0 Å². The predicted molar refractivity (Wildman–Crippen MR) is 62.3 cm³/mol. The average molecular weight is 248 g/mol. The fourth-order valence-electron chi connectivity index (χ4n) is 1.10. The van der Waals surface area contributed by atoms with Gasteiger partial charge in [-0.15, -0.1) is 11.3 Å². The third-order valence-electron chi connectivity index (χ3n) is 2.07. The van der Waals surface area contributed by atoms with E-state index in [0.717, 1.165) is 11.4 Å². The van der Waals surface area contributed by atoms with Gasteiger partial charge in [0, 0.05) is 18.6 Å². The second-order valence-electron chi connectivity index (χ2n) is 3.35. The zero-order chi connectivity index (χ0) is 11.3. The molecule has 0 bridgehead atoms.